The van der Waals surface area contributed by atoms with Crippen LogP contribution in [0.4, 0.5) is 5.69 Å². The number of methoxy groups -OCH3 is 2. The molecule has 2 aromatic rings. The summed E-state index contributed by atoms with van der Waals surface area (Å²) in [6.07, 6.45) is 2.88. The van der Waals surface area contributed by atoms with Gasteiger partial charge in [0.05, 0.1) is 37.0 Å². The first kappa shape index (κ1) is 24.7. The second kappa shape index (κ2) is 10.8. The van der Waals surface area contributed by atoms with Crippen LogP contribution in [0.15, 0.2) is 41.3 Å². The standard InChI is InChI=1S/C24H32N2O6S/c1-5-32-18-8-10-19(11-9-18)33(28,29)25-21-16-23(31-4)22(30-3)15-20(21)24(27)26-13-6-7-17(2)12-14-26/h8-11,15-17,25H,5-7,12-14H2,1-4H3. The molecule has 2 aromatic carbocycles. The molecule has 1 heterocycles. The van der Waals surface area contributed by atoms with Crippen molar-refractivity contribution in [3.05, 3.63) is 42.0 Å². The molecule has 3 rings (SSSR count). The highest BCUT2D eigenvalue weighted by Gasteiger charge is 2.26. The summed E-state index contributed by atoms with van der Waals surface area (Å²) >= 11 is 0. The number of likely N-dealkylation sites (tertiary alicyclic amines) is 1. The van der Waals surface area contributed by atoms with Crippen LogP contribution in [0.5, 0.6) is 17.2 Å². The maximum Gasteiger partial charge on any atom is 0.261 e. The van der Waals surface area contributed by atoms with Gasteiger partial charge in [0.2, 0.25) is 0 Å². The molecular formula is C24H32N2O6S. The zero-order valence-corrected chi connectivity index (χ0v) is 20.4. The number of sulfonamides is 1. The summed E-state index contributed by atoms with van der Waals surface area (Å²) < 4.78 is 44.9. The largest absolute Gasteiger partial charge is 0.494 e. The number of amides is 1. The van der Waals surface area contributed by atoms with Crippen LogP contribution in [0.1, 0.15) is 43.5 Å². The van der Waals surface area contributed by atoms with Crippen LogP contribution in [0.3, 0.4) is 0 Å². The monoisotopic (exact) mass is 476 g/mol. The summed E-state index contributed by atoms with van der Waals surface area (Å²) in [5, 5.41) is 0. The minimum atomic E-state index is -3.96. The average molecular weight is 477 g/mol. The van der Waals surface area contributed by atoms with E-state index in [1.54, 1.807) is 17.0 Å². The first-order valence-corrected chi connectivity index (χ1v) is 12.6. The molecule has 180 valence electrons. The predicted molar refractivity (Wildman–Crippen MR) is 127 cm³/mol. The van der Waals surface area contributed by atoms with Gasteiger partial charge in [-0.15, -0.1) is 0 Å². The SMILES string of the molecule is CCOc1ccc(S(=O)(=O)Nc2cc(OC)c(OC)cc2C(=O)N2CCCC(C)CC2)cc1. The zero-order valence-electron chi connectivity index (χ0n) is 19.6. The number of carbonyl (C=O) groups is 1. The normalized spacial score (nSPS) is 16.6. The van der Waals surface area contributed by atoms with Gasteiger partial charge in [-0.2, -0.15) is 0 Å². The van der Waals surface area contributed by atoms with Crippen LogP contribution >= 0.6 is 0 Å². The van der Waals surface area contributed by atoms with Crippen LogP contribution < -0.4 is 18.9 Å². The van der Waals surface area contributed by atoms with E-state index in [9.17, 15) is 13.2 Å². The number of rotatable bonds is 8. The first-order valence-electron chi connectivity index (χ1n) is 11.1. The molecule has 0 aliphatic carbocycles. The van der Waals surface area contributed by atoms with Gasteiger partial charge in [-0.25, -0.2) is 8.42 Å². The van der Waals surface area contributed by atoms with Crippen molar-refractivity contribution in [3.8, 4) is 17.2 Å². The molecule has 1 saturated heterocycles. The molecule has 1 N–H and O–H groups in total. The minimum absolute atomic E-state index is 0.0581. The Labute approximate surface area is 195 Å². The van der Waals surface area contributed by atoms with Gasteiger partial charge in [0.15, 0.2) is 11.5 Å². The maximum atomic E-state index is 13.5. The molecule has 0 radical (unpaired) electrons. The number of hydrogen-bond acceptors (Lipinski definition) is 6. The molecule has 0 spiro atoms. The Hall–Kier alpha value is -2.94. The summed E-state index contributed by atoms with van der Waals surface area (Å²) in [6, 6.07) is 9.13. The number of carbonyl (C=O) groups excluding carboxylic acids is 1. The summed E-state index contributed by atoms with van der Waals surface area (Å²) in [5.41, 5.74) is 0.362. The number of benzene rings is 2. The van der Waals surface area contributed by atoms with Crippen LogP contribution in [0, 0.1) is 5.92 Å². The lowest BCUT2D eigenvalue weighted by atomic mass is 10.0. The van der Waals surface area contributed by atoms with Crippen molar-refractivity contribution >= 4 is 21.6 Å². The lowest BCUT2D eigenvalue weighted by Gasteiger charge is -2.23. The zero-order chi connectivity index (χ0) is 24.0. The van der Waals surface area contributed by atoms with Gasteiger partial charge in [-0.3, -0.25) is 9.52 Å². The molecule has 0 aromatic heterocycles. The summed E-state index contributed by atoms with van der Waals surface area (Å²) in [5.74, 6) is 1.56. The van der Waals surface area contributed by atoms with Gasteiger partial charge in [0.1, 0.15) is 5.75 Å². The van der Waals surface area contributed by atoms with E-state index in [2.05, 4.69) is 11.6 Å². The van der Waals surface area contributed by atoms with Gasteiger partial charge < -0.3 is 19.1 Å². The van der Waals surface area contributed by atoms with E-state index in [4.69, 9.17) is 14.2 Å². The number of anilines is 1. The van der Waals surface area contributed by atoms with E-state index in [-0.39, 0.29) is 22.1 Å². The Bertz CT molecular complexity index is 1070. The molecule has 1 amide bonds. The summed E-state index contributed by atoms with van der Waals surface area (Å²) in [7, 11) is -1.03. The van der Waals surface area contributed by atoms with Crippen molar-refractivity contribution in [3.63, 3.8) is 0 Å². The fraction of sp³-hybridized carbons (Fsp3) is 0.458. The average Bonchev–Trinajstić information content (AvgIpc) is 3.03. The van der Waals surface area contributed by atoms with Crippen molar-refractivity contribution in [1.82, 2.24) is 4.90 Å². The Balaban J connectivity index is 1.98. The van der Waals surface area contributed by atoms with Crippen molar-refractivity contribution in [2.45, 2.75) is 38.0 Å². The second-order valence-electron chi connectivity index (χ2n) is 8.09. The van der Waals surface area contributed by atoms with E-state index >= 15 is 0 Å². The second-order valence-corrected chi connectivity index (χ2v) is 9.77. The third-order valence-corrected chi connectivity index (χ3v) is 7.13. The fourth-order valence-corrected chi connectivity index (χ4v) is 4.93. The molecule has 1 unspecified atom stereocenters. The Morgan fingerprint density at radius 1 is 1.06 bits per heavy atom. The molecule has 1 aliphatic rings. The van der Waals surface area contributed by atoms with Crippen LogP contribution in [0.2, 0.25) is 0 Å². The topological polar surface area (TPSA) is 94.2 Å². The molecule has 1 fully saturated rings. The minimum Gasteiger partial charge on any atom is -0.494 e. The Morgan fingerprint density at radius 3 is 2.36 bits per heavy atom. The lowest BCUT2D eigenvalue weighted by molar-refractivity contribution is 0.0761. The Kier molecular flexibility index (Phi) is 8.07. The van der Waals surface area contributed by atoms with Gasteiger partial charge in [0.25, 0.3) is 15.9 Å². The number of nitrogens with zero attached hydrogens (tertiary/aromatic N) is 1. The van der Waals surface area contributed by atoms with Crippen LogP contribution in [-0.4, -0.2) is 53.1 Å². The third kappa shape index (κ3) is 5.90. The van der Waals surface area contributed by atoms with Gasteiger partial charge in [-0.05, 0) is 62.4 Å². The highest BCUT2D eigenvalue weighted by atomic mass is 32.2. The number of ether oxygens (including phenoxy) is 3. The molecule has 0 saturated carbocycles. The smallest absolute Gasteiger partial charge is 0.261 e. The molecular weight excluding hydrogens is 444 g/mol. The van der Waals surface area contributed by atoms with Crippen molar-refractivity contribution < 1.29 is 27.4 Å². The molecule has 1 atom stereocenters. The number of hydrogen-bond donors (Lipinski definition) is 1. The fourth-order valence-electron chi connectivity index (χ4n) is 3.86. The Morgan fingerprint density at radius 2 is 1.73 bits per heavy atom. The number of nitrogens with one attached hydrogen (secondary N) is 1. The van der Waals surface area contributed by atoms with Crippen molar-refractivity contribution in [2.75, 3.05) is 38.6 Å². The van der Waals surface area contributed by atoms with E-state index in [1.165, 1.54) is 38.5 Å². The van der Waals surface area contributed by atoms with E-state index < -0.39 is 10.0 Å². The first-order chi connectivity index (χ1) is 15.8. The predicted octanol–water partition coefficient (Wildman–Crippen LogP) is 4.17. The highest BCUT2D eigenvalue weighted by Crippen LogP contribution is 2.35. The van der Waals surface area contributed by atoms with E-state index in [0.717, 1.165) is 19.3 Å². The molecule has 0 bridgehead atoms. The van der Waals surface area contributed by atoms with Gasteiger partial charge in [0, 0.05) is 19.2 Å². The van der Waals surface area contributed by atoms with Crippen molar-refractivity contribution in [1.29, 1.82) is 0 Å². The highest BCUT2D eigenvalue weighted by molar-refractivity contribution is 7.92. The third-order valence-electron chi connectivity index (χ3n) is 5.75. The van der Waals surface area contributed by atoms with Crippen molar-refractivity contribution in [2.24, 2.45) is 5.92 Å². The van der Waals surface area contributed by atoms with Gasteiger partial charge >= 0.3 is 0 Å². The molecule has 33 heavy (non-hydrogen) atoms. The van der Waals surface area contributed by atoms with Crippen LogP contribution in [-0.2, 0) is 10.0 Å². The molecule has 1 aliphatic heterocycles. The molecule has 9 heteroatoms. The van der Waals surface area contributed by atoms with E-state index in [1.807, 2.05) is 6.92 Å². The van der Waals surface area contributed by atoms with Gasteiger partial charge in [-0.1, -0.05) is 6.92 Å². The van der Waals surface area contributed by atoms with Crippen LogP contribution in [0.25, 0.3) is 0 Å². The van der Waals surface area contributed by atoms with E-state index in [0.29, 0.717) is 42.9 Å². The maximum absolute atomic E-state index is 13.5. The summed E-state index contributed by atoms with van der Waals surface area (Å²) in [4.78, 5) is 15.3. The molecule has 8 nitrogen and oxygen atoms in total. The summed E-state index contributed by atoms with van der Waals surface area (Å²) in [6.45, 7) is 5.77. The quantitative estimate of drug-likeness (QED) is 0.615. The lowest BCUT2D eigenvalue weighted by Crippen LogP contribution is -2.33.